The van der Waals surface area contributed by atoms with Crippen molar-refractivity contribution in [3.63, 3.8) is 0 Å². The first-order valence-corrected chi connectivity index (χ1v) is 7.63. The van der Waals surface area contributed by atoms with Crippen LogP contribution in [0.1, 0.15) is 30.7 Å². The van der Waals surface area contributed by atoms with Crippen molar-refractivity contribution in [1.82, 2.24) is 5.32 Å². The lowest BCUT2D eigenvalue weighted by Gasteiger charge is -2.09. The van der Waals surface area contributed by atoms with Crippen molar-refractivity contribution < 1.29 is 9.53 Å². The highest BCUT2D eigenvalue weighted by molar-refractivity contribution is 5.88. The number of carbonyl (C=O) groups excluding carboxylic acids is 1. The molecule has 1 amide bonds. The Morgan fingerprint density at radius 2 is 2.10 bits per heavy atom. The Morgan fingerprint density at radius 1 is 1.24 bits per heavy atom. The summed E-state index contributed by atoms with van der Waals surface area (Å²) in [4.78, 5) is 11.9. The molecule has 2 atom stereocenters. The van der Waals surface area contributed by atoms with Crippen LogP contribution in [0.4, 0.5) is 0 Å². The van der Waals surface area contributed by atoms with Gasteiger partial charge in [-0.2, -0.15) is 0 Å². The standard InChI is InChI=1S/C18H19NO2/c1-21-13-8-7-11-3-2-4-14(15(11)9-13)16-10-17(16)19-18(20)12-5-6-12/h2-4,7-9,12,16-17H,5-6,10H2,1H3,(H,19,20). The molecule has 0 aliphatic heterocycles. The summed E-state index contributed by atoms with van der Waals surface area (Å²) in [5.41, 5.74) is 1.33. The van der Waals surface area contributed by atoms with Crippen LogP contribution in [0.25, 0.3) is 10.8 Å². The summed E-state index contributed by atoms with van der Waals surface area (Å²) in [7, 11) is 1.69. The number of rotatable bonds is 4. The van der Waals surface area contributed by atoms with Crippen LogP contribution in [-0.4, -0.2) is 19.1 Å². The van der Waals surface area contributed by atoms with E-state index < -0.39 is 0 Å². The van der Waals surface area contributed by atoms with E-state index in [1.807, 2.05) is 6.07 Å². The molecule has 0 spiro atoms. The van der Waals surface area contributed by atoms with Crippen molar-refractivity contribution in [1.29, 1.82) is 0 Å². The minimum atomic E-state index is 0.250. The summed E-state index contributed by atoms with van der Waals surface area (Å²) in [5, 5.41) is 5.66. The van der Waals surface area contributed by atoms with E-state index in [2.05, 4.69) is 35.6 Å². The summed E-state index contributed by atoms with van der Waals surface area (Å²) in [6.07, 6.45) is 3.18. The van der Waals surface area contributed by atoms with E-state index in [0.29, 0.717) is 17.9 Å². The van der Waals surface area contributed by atoms with Crippen LogP contribution in [-0.2, 0) is 4.79 Å². The third-order valence-electron chi connectivity index (χ3n) is 4.59. The molecule has 3 nitrogen and oxygen atoms in total. The normalized spacial score (nSPS) is 23.9. The Labute approximate surface area is 124 Å². The number of carbonyl (C=O) groups is 1. The van der Waals surface area contributed by atoms with Gasteiger partial charge in [0, 0.05) is 17.9 Å². The van der Waals surface area contributed by atoms with E-state index in [1.54, 1.807) is 7.11 Å². The summed E-state index contributed by atoms with van der Waals surface area (Å²) in [6, 6.07) is 12.9. The molecule has 0 heterocycles. The van der Waals surface area contributed by atoms with Crippen molar-refractivity contribution >= 4 is 16.7 Å². The lowest BCUT2D eigenvalue weighted by Crippen LogP contribution is -2.27. The van der Waals surface area contributed by atoms with Gasteiger partial charge < -0.3 is 10.1 Å². The monoisotopic (exact) mass is 281 g/mol. The highest BCUT2D eigenvalue weighted by atomic mass is 16.5. The summed E-state index contributed by atoms with van der Waals surface area (Å²) in [6.45, 7) is 0. The Hall–Kier alpha value is -2.03. The molecule has 3 heteroatoms. The van der Waals surface area contributed by atoms with Crippen LogP contribution in [0.2, 0.25) is 0 Å². The first-order chi connectivity index (χ1) is 10.3. The van der Waals surface area contributed by atoms with Crippen LogP contribution in [0, 0.1) is 5.92 Å². The van der Waals surface area contributed by atoms with Gasteiger partial charge in [-0.05, 0) is 47.7 Å². The number of nitrogens with one attached hydrogen (secondary N) is 1. The van der Waals surface area contributed by atoms with Crippen molar-refractivity contribution in [2.45, 2.75) is 31.2 Å². The second kappa shape index (κ2) is 4.76. The van der Waals surface area contributed by atoms with Gasteiger partial charge in [0.25, 0.3) is 0 Å². The van der Waals surface area contributed by atoms with Crippen molar-refractivity contribution in [2.75, 3.05) is 7.11 Å². The molecule has 4 rings (SSSR count). The second-order valence-electron chi connectivity index (χ2n) is 6.17. The zero-order valence-electron chi connectivity index (χ0n) is 12.1. The van der Waals surface area contributed by atoms with Crippen molar-refractivity contribution in [3.8, 4) is 5.75 Å². The number of benzene rings is 2. The predicted octanol–water partition coefficient (Wildman–Crippen LogP) is 3.23. The van der Waals surface area contributed by atoms with Gasteiger partial charge in [-0.3, -0.25) is 4.79 Å². The highest BCUT2D eigenvalue weighted by Crippen LogP contribution is 2.44. The quantitative estimate of drug-likeness (QED) is 0.934. The zero-order valence-corrected chi connectivity index (χ0v) is 12.1. The van der Waals surface area contributed by atoms with Crippen LogP contribution < -0.4 is 10.1 Å². The molecular weight excluding hydrogens is 262 g/mol. The fourth-order valence-corrected chi connectivity index (χ4v) is 3.07. The summed E-state index contributed by atoms with van der Waals surface area (Å²) < 4.78 is 5.34. The minimum Gasteiger partial charge on any atom is -0.497 e. The molecule has 0 bridgehead atoms. The third kappa shape index (κ3) is 2.37. The van der Waals surface area contributed by atoms with Crippen molar-refractivity contribution in [2.24, 2.45) is 5.92 Å². The van der Waals surface area contributed by atoms with Gasteiger partial charge in [-0.15, -0.1) is 0 Å². The molecule has 2 aromatic rings. The third-order valence-corrected chi connectivity index (χ3v) is 4.59. The molecule has 2 unspecified atom stereocenters. The second-order valence-corrected chi connectivity index (χ2v) is 6.17. The van der Waals surface area contributed by atoms with E-state index in [9.17, 15) is 4.79 Å². The first-order valence-electron chi connectivity index (χ1n) is 7.63. The molecule has 0 aromatic heterocycles. The predicted molar refractivity (Wildman–Crippen MR) is 82.5 cm³/mol. The summed E-state index contributed by atoms with van der Waals surface area (Å²) in [5.74, 6) is 1.87. The molecule has 0 saturated heterocycles. The van der Waals surface area contributed by atoms with Gasteiger partial charge in [0.15, 0.2) is 0 Å². The Balaban J connectivity index is 1.60. The molecule has 2 aliphatic carbocycles. The van der Waals surface area contributed by atoms with E-state index >= 15 is 0 Å². The molecule has 0 radical (unpaired) electrons. The molecule has 2 saturated carbocycles. The first kappa shape index (κ1) is 12.7. The maximum Gasteiger partial charge on any atom is 0.223 e. The van der Waals surface area contributed by atoms with Crippen molar-refractivity contribution in [3.05, 3.63) is 42.0 Å². The Kier molecular flexibility index (Phi) is 2.88. The maximum atomic E-state index is 11.9. The van der Waals surface area contributed by atoms with Gasteiger partial charge in [-0.25, -0.2) is 0 Å². The number of hydrogen-bond donors (Lipinski definition) is 1. The minimum absolute atomic E-state index is 0.250. The SMILES string of the molecule is COc1ccc2cccc(C3CC3NC(=O)C3CC3)c2c1. The van der Waals surface area contributed by atoms with Crippen LogP contribution in [0.3, 0.4) is 0 Å². The highest BCUT2D eigenvalue weighted by Gasteiger charge is 2.42. The van der Waals surface area contributed by atoms with Gasteiger partial charge in [-0.1, -0.05) is 24.3 Å². The fraction of sp³-hybridized carbons (Fsp3) is 0.389. The molecule has 2 aromatic carbocycles. The largest absolute Gasteiger partial charge is 0.497 e. The molecule has 1 N–H and O–H groups in total. The average Bonchev–Trinajstić information content (AvgIpc) is 3.39. The van der Waals surface area contributed by atoms with Gasteiger partial charge >= 0.3 is 0 Å². The van der Waals surface area contributed by atoms with E-state index in [-0.39, 0.29) is 5.91 Å². The maximum absolute atomic E-state index is 11.9. The fourth-order valence-electron chi connectivity index (χ4n) is 3.07. The number of hydrogen-bond acceptors (Lipinski definition) is 2. The zero-order chi connectivity index (χ0) is 14.4. The number of fused-ring (bicyclic) bond motifs is 1. The molecule has 2 aliphatic rings. The van der Waals surface area contributed by atoms with E-state index in [1.165, 1.54) is 16.3 Å². The van der Waals surface area contributed by atoms with Gasteiger partial charge in [0.1, 0.15) is 5.75 Å². The average molecular weight is 281 g/mol. The summed E-state index contributed by atoms with van der Waals surface area (Å²) >= 11 is 0. The van der Waals surface area contributed by atoms with Gasteiger partial charge in [0.05, 0.1) is 7.11 Å². The van der Waals surface area contributed by atoms with E-state index in [0.717, 1.165) is 25.0 Å². The Bertz CT molecular complexity index is 705. The topological polar surface area (TPSA) is 38.3 Å². The van der Waals surface area contributed by atoms with Crippen LogP contribution >= 0.6 is 0 Å². The molecule has 2 fully saturated rings. The van der Waals surface area contributed by atoms with Crippen LogP contribution in [0.15, 0.2) is 36.4 Å². The van der Waals surface area contributed by atoms with E-state index in [4.69, 9.17) is 4.74 Å². The number of ether oxygens (including phenoxy) is 1. The van der Waals surface area contributed by atoms with Crippen LogP contribution in [0.5, 0.6) is 5.75 Å². The smallest absolute Gasteiger partial charge is 0.223 e. The molecule has 21 heavy (non-hydrogen) atoms. The Morgan fingerprint density at radius 3 is 2.86 bits per heavy atom. The van der Waals surface area contributed by atoms with Gasteiger partial charge in [0.2, 0.25) is 5.91 Å². The molecular formula is C18H19NO2. The number of methoxy groups -OCH3 is 1. The molecule has 108 valence electrons. The lowest BCUT2D eigenvalue weighted by atomic mass is 10.0. The lowest BCUT2D eigenvalue weighted by molar-refractivity contribution is -0.122. The number of amides is 1.